The van der Waals surface area contributed by atoms with E-state index in [1.54, 1.807) is 31.5 Å². The van der Waals surface area contributed by atoms with Crippen molar-refractivity contribution >= 4 is 26.0 Å². The van der Waals surface area contributed by atoms with Crippen LogP contribution in [0.15, 0.2) is 40.0 Å². The van der Waals surface area contributed by atoms with Crippen LogP contribution >= 0.6 is 15.9 Å². The number of hydrogen-bond donors (Lipinski definition) is 1. The van der Waals surface area contributed by atoms with E-state index in [-0.39, 0.29) is 17.3 Å². The minimum absolute atomic E-state index is 0.0613. The Morgan fingerprint density at radius 1 is 1.30 bits per heavy atom. The molecule has 6 nitrogen and oxygen atoms in total. The van der Waals surface area contributed by atoms with Crippen LogP contribution in [0.3, 0.4) is 0 Å². The summed E-state index contributed by atoms with van der Waals surface area (Å²) >= 11 is 3.24. The average molecular weight is 358 g/mol. The summed E-state index contributed by atoms with van der Waals surface area (Å²) in [5.74, 6) is 0.665. The number of benzene rings is 1. The van der Waals surface area contributed by atoms with Gasteiger partial charge in [-0.1, -0.05) is 15.9 Å². The first-order valence-electron chi connectivity index (χ1n) is 5.59. The molecule has 0 saturated carbocycles. The SMILES string of the molecule is Cc1cc(Br)cc(S(N)(=O)=O)c1OCc1ncccn1. The van der Waals surface area contributed by atoms with Gasteiger partial charge in [-0.05, 0) is 30.7 Å². The van der Waals surface area contributed by atoms with Gasteiger partial charge in [0, 0.05) is 16.9 Å². The molecule has 0 amide bonds. The van der Waals surface area contributed by atoms with Crippen molar-refractivity contribution in [3.05, 3.63) is 46.5 Å². The molecule has 1 heterocycles. The van der Waals surface area contributed by atoms with Gasteiger partial charge in [-0.15, -0.1) is 0 Å². The first-order valence-corrected chi connectivity index (χ1v) is 7.93. The largest absolute Gasteiger partial charge is 0.484 e. The third-order valence-corrected chi connectivity index (χ3v) is 3.85. The van der Waals surface area contributed by atoms with Gasteiger partial charge < -0.3 is 4.74 Å². The zero-order chi connectivity index (χ0) is 14.8. The van der Waals surface area contributed by atoms with Crippen LogP contribution in [0.5, 0.6) is 5.75 Å². The van der Waals surface area contributed by atoms with E-state index < -0.39 is 10.0 Å². The molecule has 0 radical (unpaired) electrons. The van der Waals surface area contributed by atoms with Gasteiger partial charge in [-0.3, -0.25) is 0 Å². The van der Waals surface area contributed by atoms with Gasteiger partial charge in [0.1, 0.15) is 17.3 Å². The molecule has 8 heteroatoms. The zero-order valence-corrected chi connectivity index (χ0v) is 13.0. The molecule has 1 aromatic heterocycles. The number of rotatable bonds is 4. The molecule has 0 unspecified atom stereocenters. The van der Waals surface area contributed by atoms with Crippen LogP contribution in [-0.2, 0) is 16.6 Å². The Morgan fingerprint density at radius 2 is 1.95 bits per heavy atom. The molecule has 1 aromatic carbocycles. The summed E-state index contributed by atoms with van der Waals surface area (Å²) in [4.78, 5) is 7.94. The predicted molar refractivity (Wildman–Crippen MR) is 76.6 cm³/mol. The third kappa shape index (κ3) is 3.53. The van der Waals surface area contributed by atoms with Crippen molar-refractivity contribution in [1.29, 1.82) is 0 Å². The summed E-state index contributed by atoms with van der Waals surface area (Å²) in [5, 5.41) is 5.20. The lowest BCUT2D eigenvalue weighted by Crippen LogP contribution is -2.15. The second-order valence-corrected chi connectivity index (χ2v) is 6.49. The standard InChI is InChI=1S/C12H12BrN3O3S/c1-8-5-9(13)6-10(20(14,17)18)12(8)19-7-11-15-3-2-4-16-11/h2-6H,7H2,1H3,(H2,14,17,18). The summed E-state index contributed by atoms with van der Waals surface area (Å²) in [5.41, 5.74) is 0.652. The highest BCUT2D eigenvalue weighted by molar-refractivity contribution is 9.10. The fraction of sp³-hybridized carbons (Fsp3) is 0.167. The summed E-state index contributed by atoms with van der Waals surface area (Å²) in [6.45, 7) is 1.80. The number of nitrogens with zero attached hydrogens (tertiary/aromatic N) is 2. The van der Waals surface area contributed by atoms with Crippen LogP contribution in [0, 0.1) is 6.92 Å². The van der Waals surface area contributed by atoms with Gasteiger partial charge in [-0.2, -0.15) is 0 Å². The van der Waals surface area contributed by atoms with Gasteiger partial charge in [-0.25, -0.2) is 23.5 Å². The highest BCUT2D eigenvalue weighted by Gasteiger charge is 2.18. The quantitative estimate of drug-likeness (QED) is 0.899. The van der Waals surface area contributed by atoms with E-state index in [1.165, 1.54) is 6.07 Å². The first-order chi connectivity index (χ1) is 9.38. The van der Waals surface area contributed by atoms with Crippen molar-refractivity contribution in [1.82, 2.24) is 9.97 Å². The van der Waals surface area contributed by atoms with Gasteiger partial charge >= 0.3 is 0 Å². The Balaban J connectivity index is 2.36. The van der Waals surface area contributed by atoms with Crippen molar-refractivity contribution in [2.24, 2.45) is 5.14 Å². The predicted octanol–water partition coefficient (Wildman–Crippen LogP) is 1.77. The van der Waals surface area contributed by atoms with E-state index in [1.807, 2.05) is 0 Å². The van der Waals surface area contributed by atoms with E-state index in [0.717, 1.165) is 0 Å². The van der Waals surface area contributed by atoms with E-state index in [4.69, 9.17) is 9.88 Å². The normalized spacial score (nSPS) is 11.3. The molecule has 0 aliphatic heterocycles. The molecule has 0 aliphatic rings. The third-order valence-electron chi connectivity index (χ3n) is 2.48. The van der Waals surface area contributed by atoms with Crippen molar-refractivity contribution in [3.63, 3.8) is 0 Å². The van der Waals surface area contributed by atoms with E-state index in [2.05, 4.69) is 25.9 Å². The van der Waals surface area contributed by atoms with Crippen LogP contribution in [0.2, 0.25) is 0 Å². The summed E-state index contributed by atoms with van der Waals surface area (Å²) < 4.78 is 29.4. The smallest absolute Gasteiger partial charge is 0.241 e. The van der Waals surface area contributed by atoms with Crippen molar-refractivity contribution in [2.45, 2.75) is 18.4 Å². The number of halogens is 1. The average Bonchev–Trinajstić information content (AvgIpc) is 2.37. The van der Waals surface area contributed by atoms with Crippen LogP contribution < -0.4 is 9.88 Å². The second kappa shape index (κ2) is 5.86. The monoisotopic (exact) mass is 357 g/mol. The molecule has 2 N–H and O–H groups in total. The lowest BCUT2D eigenvalue weighted by molar-refractivity contribution is 0.286. The molecule has 0 spiro atoms. The molecule has 0 aliphatic carbocycles. The maximum atomic E-state index is 11.6. The van der Waals surface area contributed by atoms with E-state index in [0.29, 0.717) is 15.9 Å². The fourth-order valence-electron chi connectivity index (χ4n) is 1.64. The van der Waals surface area contributed by atoms with Gasteiger partial charge in [0.25, 0.3) is 0 Å². The molecule has 0 fully saturated rings. The van der Waals surface area contributed by atoms with Crippen molar-refractivity contribution in [3.8, 4) is 5.75 Å². The first kappa shape index (κ1) is 14.9. The van der Waals surface area contributed by atoms with Crippen molar-refractivity contribution < 1.29 is 13.2 Å². The Morgan fingerprint density at radius 3 is 2.55 bits per heavy atom. The zero-order valence-electron chi connectivity index (χ0n) is 10.6. The molecule has 2 rings (SSSR count). The molecular weight excluding hydrogens is 346 g/mol. The number of hydrogen-bond acceptors (Lipinski definition) is 5. The topological polar surface area (TPSA) is 95.2 Å². The van der Waals surface area contributed by atoms with E-state index >= 15 is 0 Å². The Hall–Kier alpha value is -1.51. The molecule has 106 valence electrons. The maximum Gasteiger partial charge on any atom is 0.241 e. The van der Waals surface area contributed by atoms with Gasteiger partial charge in [0.05, 0.1) is 0 Å². The van der Waals surface area contributed by atoms with Gasteiger partial charge in [0.15, 0.2) is 5.82 Å². The molecule has 0 bridgehead atoms. The van der Waals surface area contributed by atoms with Crippen LogP contribution in [0.1, 0.15) is 11.4 Å². The molecule has 0 saturated heterocycles. The highest BCUT2D eigenvalue weighted by atomic mass is 79.9. The number of aromatic nitrogens is 2. The maximum absolute atomic E-state index is 11.6. The molecule has 20 heavy (non-hydrogen) atoms. The minimum atomic E-state index is -3.88. The van der Waals surface area contributed by atoms with Crippen molar-refractivity contribution in [2.75, 3.05) is 0 Å². The number of sulfonamides is 1. The van der Waals surface area contributed by atoms with Crippen LogP contribution in [-0.4, -0.2) is 18.4 Å². The van der Waals surface area contributed by atoms with Crippen LogP contribution in [0.4, 0.5) is 0 Å². The second-order valence-electron chi connectivity index (χ2n) is 4.05. The lowest BCUT2D eigenvalue weighted by atomic mass is 10.2. The molecular formula is C12H12BrN3O3S. The van der Waals surface area contributed by atoms with E-state index in [9.17, 15) is 8.42 Å². The fourth-order valence-corrected chi connectivity index (χ4v) is 3.13. The number of nitrogens with two attached hydrogens (primary N) is 1. The molecule has 2 aromatic rings. The van der Waals surface area contributed by atoms with Crippen LogP contribution in [0.25, 0.3) is 0 Å². The Labute approximate surface area is 125 Å². The minimum Gasteiger partial charge on any atom is -0.484 e. The number of aryl methyl sites for hydroxylation is 1. The Bertz CT molecular complexity index is 720. The number of ether oxygens (including phenoxy) is 1. The highest BCUT2D eigenvalue weighted by Crippen LogP contribution is 2.31. The molecule has 0 atom stereocenters. The number of primary sulfonamides is 1. The summed E-state index contributed by atoms with van der Waals surface area (Å²) in [6.07, 6.45) is 3.17. The summed E-state index contributed by atoms with van der Waals surface area (Å²) in [7, 11) is -3.88. The Kier molecular flexibility index (Phi) is 4.36. The van der Waals surface area contributed by atoms with Gasteiger partial charge in [0.2, 0.25) is 10.0 Å². The summed E-state index contributed by atoms with van der Waals surface area (Å²) in [6, 6.07) is 4.84. The lowest BCUT2D eigenvalue weighted by Gasteiger charge is -2.13.